The molecule has 0 aliphatic heterocycles. The summed E-state index contributed by atoms with van der Waals surface area (Å²) >= 11 is 5.60. The number of rotatable bonds is 1. The van der Waals surface area contributed by atoms with Crippen LogP contribution in [-0.4, -0.2) is 7.11 Å². The maximum absolute atomic E-state index is 12.4. The molecule has 0 spiro atoms. The summed E-state index contributed by atoms with van der Waals surface area (Å²) < 4.78 is 17.1. The third kappa shape index (κ3) is 1.39. The van der Waals surface area contributed by atoms with Crippen molar-refractivity contribution < 1.29 is 9.13 Å². The molecule has 0 amide bonds. The van der Waals surface area contributed by atoms with Crippen LogP contribution in [0.1, 0.15) is 0 Å². The molecule has 0 radical (unpaired) electrons. The second-order valence-corrected chi connectivity index (χ2v) is 2.19. The number of ether oxygens (including phenoxy) is 1. The predicted molar refractivity (Wildman–Crippen MR) is 38.0 cm³/mol. The van der Waals surface area contributed by atoms with Crippen LogP contribution in [0.2, 0.25) is 5.02 Å². The van der Waals surface area contributed by atoms with Gasteiger partial charge < -0.3 is 4.74 Å². The Morgan fingerprint density at radius 1 is 1.50 bits per heavy atom. The molecule has 1 aromatic carbocycles. The fourth-order valence-corrected chi connectivity index (χ4v) is 0.828. The second kappa shape index (κ2) is 2.88. The summed E-state index contributed by atoms with van der Waals surface area (Å²) in [4.78, 5) is 0. The molecule has 0 bridgehead atoms. The van der Waals surface area contributed by atoms with Crippen LogP contribution < -0.4 is 4.74 Å². The summed E-state index contributed by atoms with van der Waals surface area (Å²) in [5, 5.41) is 0.420. The molecule has 0 heterocycles. The van der Waals surface area contributed by atoms with Gasteiger partial charge in [-0.05, 0) is 12.1 Å². The van der Waals surface area contributed by atoms with Gasteiger partial charge in [-0.15, -0.1) is 0 Å². The zero-order valence-electron chi connectivity index (χ0n) is 5.40. The van der Waals surface area contributed by atoms with Gasteiger partial charge >= 0.3 is 0 Å². The van der Waals surface area contributed by atoms with E-state index in [2.05, 4.69) is 0 Å². The van der Waals surface area contributed by atoms with Gasteiger partial charge in [-0.2, -0.15) is 0 Å². The molecular weight excluding hydrogens is 155 g/mol. The van der Waals surface area contributed by atoms with Crippen LogP contribution in [0.15, 0.2) is 18.2 Å². The number of hydrogen-bond donors (Lipinski definition) is 0. The molecule has 0 N–H and O–H groups in total. The van der Waals surface area contributed by atoms with Crippen molar-refractivity contribution in [3.05, 3.63) is 29.0 Å². The molecule has 3 heteroatoms. The Labute approximate surface area is 63.4 Å². The van der Waals surface area contributed by atoms with E-state index in [1.54, 1.807) is 0 Å². The van der Waals surface area contributed by atoms with Crippen LogP contribution in [0.4, 0.5) is 4.39 Å². The molecule has 1 aromatic rings. The maximum Gasteiger partial charge on any atom is 0.140 e. The lowest BCUT2D eigenvalue weighted by Crippen LogP contribution is -1.84. The summed E-state index contributed by atoms with van der Waals surface area (Å²) in [6.07, 6.45) is 0. The summed E-state index contributed by atoms with van der Waals surface area (Å²) in [6, 6.07) is 3.98. The van der Waals surface area contributed by atoms with Crippen LogP contribution >= 0.6 is 11.6 Å². The number of benzene rings is 1. The zero-order chi connectivity index (χ0) is 7.56. The normalized spacial score (nSPS) is 9.50. The average molecular weight is 161 g/mol. The summed E-state index contributed by atoms with van der Waals surface area (Å²) in [5.41, 5.74) is 0. The van der Waals surface area contributed by atoms with Gasteiger partial charge in [0.05, 0.1) is 12.1 Å². The van der Waals surface area contributed by atoms with Gasteiger partial charge in [-0.1, -0.05) is 11.6 Å². The Balaban J connectivity index is 3.09. The van der Waals surface area contributed by atoms with Gasteiger partial charge in [0.15, 0.2) is 0 Å². The van der Waals surface area contributed by atoms with Gasteiger partial charge in [-0.25, -0.2) is 4.39 Å². The largest absolute Gasteiger partial charge is 0.495 e. The van der Waals surface area contributed by atoms with Crippen molar-refractivity contribution in [3.8, 4) is 5.75 Å². The van der Waals surface area contributed by atoms with Crippen molar-refractivity contribution in [1.82, 2.24) is 0 Å². The van der Waals surface area contributed by atoms with E-state index in [1.807, 2.05) is 0 Å². The Kier molecular flexibility index (Phi) is 2.12. The Morgan fingerprint density at radius 3 is 2.70 bits per heavy atom. The summed E-state index contributed by atoms with van der Waals surface area (Å²) in [7, 11) is 1.45. The molecule has 0 aliphatic carbocycles. The van der Waals surface area contributed by atoms with E-state index in [1.165, 1.54) is 25.3 Å². The number of methoxy groups -OCH3 is 1. The van der Waals surface area contributed by atoms with Crippen LogP contribution in [0.3, 0.4) is 0 Å². The van der Waals surface area contributed by atoms with Crippen LogP contribution in [0, 0.1) is 5.82 Å². The molecule has 0 aliphatic rings. The topological polar surface area (TPSA) is 9.23 Å². The lowest BCUT2D eigenvalue weighted by Gasteiger charge is -2.00. The smallest absolute Gasteiger partial charge is 0.140 e. The van der Waals surface area contributed by atoms with Gasteiger partial charge in [0.2, 0.25) is 0 Å². The molecule has 0 unspecified atom stereocenters. The Hall–Kier alpha value is -0.760. The molecule has 0 atom stereocenters. The second-order valence-electron chi connectivity index (χ2n) is 1.78. The molecule has 0 saturated carbocycles. The first-order chi connectivity index (χ1) is 4.74. The summed E-state index contributed by atoms with van der Waals surface area (Å²) in [5.74, 6) is 0.0166. The van der Waals surface area contributed by atoms with Gasteiger partial charge in [0, 0.05) is 6.07 Å². The van der Waals surface area contributed by atoms with E-state index in [0.29, 0.717) is 10.8 Å². The number of halogens is 2. The molecule has 10 heavy (non-hydrogen) atoms. The fraction of sp³-hybridized carbons (Fsp3) is 0.143. The molecule has 1 nitrogen and oxygen atoms in total. The molecule has 0 fully saturated rings. The van der Waals surface area contributed by atoms with Crippen molar-refractivity contribution in [3.63, 3.8) is 0 Å². The standard InChI is InChI=1S/C7H6ClFO/c1-10-7-4-5(9)2-3-6(7)8/h2-4H,1H3. The molecule has 54 valence electrons. The third-order valence-corrected chi connectivity index (χ3v) is 1.43. The summed E-state index contributed by atoms with van der Waals surface area (Å²) in [6.45, 7) is 0. The highest BCUT2D eigenvalue weighted by molar-refractivity contribution is 6.32. The lowest BCUT2D eigenvalue weighted by molar-refractivity contribution is 0.411. The third-order valence-electron chi connectivity index (χ3n) is 1.11. The minimum Gasteiger partial charge on any atom is -0.495 e. The van der Waals surface area contributed by atoms with E-state index in [-0.39, 0.29) is 5.82 Å². The predicted octanol–water partition coefficient (Wildman–Crippen LogP) is 2.49. The van der Waals surface area contributed by atoms with Crippen LogP contribution in [0.25, 0.3) is 0 Å². The first-order valence-corrected chi connectivity index (χ1v) is 3.11. The SMILES string of the molecule is COc1cc(F)ccc1Cl. The lowest BCUT2D eigenvalue weighted by atomic mass is 10.3. The molecular formula is C7H6ClFO. The first kappa shape index (κ1) is 7.35. The van der Waals surface area contributed by atoms with Crippen LogP contribution in [-0.2, 0) is 0 Å². The van der Waals surface area contributed by atoms with Crippen molar-refractivity contribution in [2.24, 2.45) is 0 Å². The average Bonchev–Trinajstić information content (AvgIpc) is 1.94. The molecule has 0 aromatic heterocycles. The molecule has 0 saturated heterocycles. The van der Waals surface area contributed by atoms with Gasteiger partial charge in [0.25, 0.3) is 0 Å². The van der Waals surface area contributed by atoms with E-state index in [4.69, 9.17) is 16.3 Å². The van der Waals surface area contributed by atoms with E-state index in [0.717, 1.165) is 0 Å². The quantitative estimate of drug-likeness (QED) is 0.613. The maximum atomic E-state index is 12.4. The van der Waals surface area contributed by atoms with Crippen LogP contribution in [0.5, 0.6) is 5.75 Å². The minimum absolute atomic E-state index is 0.346. The highest BCUT2D eigenvalue weighted by atomic mass is 35.5. The Bertz CT molecular complexity index is 237. The van der Waals surface area contributed by atoms with E-state index >= 15 is 0 Å². The van der Waals surface area contributed by atoms with Crippen molar-refractivity contribution in [1.29, 1.82) is 0 Å². The zero-order valence-corrected chi connectivity index (χ0v) is 6.15. The fourth-order valence-electron chi connectivity index (χ4n) is 0.634. The first-order valence-electron chi connectivity index (χ1n) is 2.73. The number of hydrogen-bond acceptors (Lipinski definition) is 1. The van der Waals surface area contributed by atoms with E-state index in [9.17, 15) is 4.39 Å². The molecule has 1 rings (SSSR count). The van der Waals surface area contributed by atoms with Gasteiger partial charge in [0.1, 0.15) is 11.6 Å². The monoisotopic (exact) mass is 160 g/mol. The highest BCUT2D eigenvalue weighted by Crippen LogP contribution is 2.23. The minimum atomic E-state index is -0.346. The Morgan fingerprint density at radius 2 is 2.20 bits per heavy atom. The van der Waals surface area contributed by atoms with Crippen molar-refractivity contribution >= 4 is 11.6 Å². The van der Waals surface area contributed by atoms with Gasteiger partial charge in [-0.3, -0.25) is 0 Å². The van der Waals surface area contributed by atoms with Crippen molar-refractivity contribution in [2.45, 2.75) is 0 Å². The highest BCUT2D eigenvalue weighted by Gasteiger charge is 1.99. The van der Waals surface area contributed by atoms with E-state index < -0.39 is 0 Å². The van der Waals surface area contributed by atoms with Crippen molar-refractivity contribution in [2.75, 3.05) is 7.11 Å².